The van der Waals surface area contributed by atoms with Crippen molar-refractivity contribution in [3.05, 3.63) is 43.8 Å². The Morgan fingerprint density at radius 3 is 1.68 bits per heavy atom. The average Bonchev–Trinajstić information content (AvgIpc) is 3.47. The maximum Gasteiger partial charge on any atom is 0.0775 e. The van der Waals surface area contributed by atoms with Gasteiger partial charge < -0.3 is 0 Å². The number of thiophene rings is 2. The standard InChI is InChI=1S/C29H38S2/c1-21-7-16-27(30-21)17-18-28-19-20-29(31-28)26-14-12-25(13-15-26)24-10-8-23(9-11-24)22-5-3-2-4-6-22/h7,16,19-20,22-26H,2-6,8-15H2,1H3. The van der Waals surface area contributed by atoms with Crippen LogP contribution < -0.4 is 0 Å². The van der Waals surface area contributed by atoms with E-state index in [-0.39, 0.29) is 0 Å². The summed E-state index contributed by atoms with van der Waals surface area (Å²) >= 11 is 3.74. The first-order valence-corrected chi connectivity index (χ1v) is 14.6. The van der Waals surface area contributed by atoms with Gasteiger partial charge in [0.1, 0.15) is 0 Å². The Bertz CT molecular complexity index is 885. The molecule has 166 valence electrons. The summed E-state index contributed by atoms with van der Waals surface area (Å²) in [5, 5.41) is 0. The molecule has 2 heteroatoms. The first kappa shape index (κ1) is 21.8. The fraction of sp³-hybridized carbons (Fsp3) is 0.655. The fourth-order valence-corrected chi connectivity index (χ4v) is 8.58. The Morgan fingerprint density at radius 1 is 0.581 bits per heavy atom. The molecule has 0 aliphatic heterocycles. The molecule has 0 unspecified atom stereocenters. The number of hydrogen-bond acceptors (Lipinski definition) is 2. The highest BCUT2D eigenvalue weighted by molar-refractivity contribution is 7.13. The van der Waals surface area contributed by atoms with Gasteiger partial charge in [0.05, 0.1) is 9.75 Å². The predicted molar refractivity (Wildman–Crippen MR) is 136 cm³/mol. The van der Waals surface area contributed by atoms with Crippen molar-refractivity contribution < 1.29 is 0 Å². The van der Waals surface area contributed by atoms with Crippen LogP contribution in [0.25, 0.3) is 0 Å². The Labute approximate surface area is 197 Å². The van der Waals surface area contributed by atoms with Crippen LogP contribution in [0.4, 0.5) is 0 Å². The number of hydrogen-bond donors (Lipinski definition) is 0. The molecule has 0 radical (unpaired) electrons. The fourth-order valence-electron chi connectivity index (χ4n) is 6.83. The van der Waals surface area contributed by atoms with Crippen LogP contribution in [0.2, 0.25) is 0 Å². The summed E-state index contributed by atoms with van der Waals surface area (Å²) in [5.74, 6) is 11.8. The Hall–Kier alpha value is -1.04. The second-order valence-electron chi connectivity index (χ2n) is 10.5. The van der Waals surface area contributed by atoms with Gasteiger partial charge in [-0.3, -0.25) is 0 Å². The summed E-state index contributed by atoms with van der Waals surface area (Å²) in [6.45, 7) is 2.15. The average molecular weight is 451 g/mol. The molecule has 2 aromatic heterocycles. The van der Waals surface area contributed by atoms with Crippen LogP contribution >= 0.6 is 22.7 Å². The van der Waals surface area contributed by atoms with Crippen molar-refractivity contribution in [2.75, 3.05) is 0 Å². The summed E-state index contributed by atoms with van der Waals surface area (Å²) in [4.78, 5) is 5.36. The van der Waals surface area contributed by atoms with Crippen molar-refractivity contribution in [2.45, 2.75) is 96.3 Å². The maximum absolute atomic E-state index is 3.40. The molecule has 0 atom stereocenters. The van der Waals surface area contributed by atoms with Crippen LogP contribution in [0.15, 0.2) is 24.3 Å². The molecule has 3 aliphatic rings. The van der Waals surface area contributed by atoms with E-state index in [0.717, 1.165) is 29.6 Å². The van der Waals surface area contributed by atoms with Crippen molar-refractivity contribution in [1.29, 1.82) is 0 Å². The molecule has 0 saturated heterocycles. The second-order valence-corrected chi connectivity index (χ2v) is 13.0. The van der Waals surface area contributed by atoms with Gasteiger partial charge >= 0.3 is 0 Å². The van der Waals surface area contributed by atoms with E-state index in [2.05, 4.69) is 43.0 Å². The summed E-state index contributed by atoms with van der Waals surface area (Å²) in [5.41, 5.74) is 0. The summed E-state index contributed by atoms with van der Waals surface area (Å²) in [7, 11) is 0. The zero-order valence-corrected chi connectivity index (χ0v) is 20.8. The van der Waals surface area contributed by atoms with Gasteiger partial charge in [0, 0.05) is 9.75 Å². The lowest BCUT2D eigenvalue weighted by molar-refractivity contribution is 0.120. The van der Waals surface area contributed by atoms with Crippen molar-refractivity contribution >= 4 is 22.7 Å². The summed E-state index contributed by atoms with van der Waals surface area (Å²) in [6, 6.07) is 8.93. The lowest BCUT2D eigenvalue weighted by atomic mass is 9.65. The quantitative estimate of drug-likeness (QED) is 0.409. The van der Waals surface area contributed by atoms with Crippen molar-refractivity contribution in [2.24, 2.45) is 23.7 Å². The molecule has 5 rings (SSSR count). The molecule has 0 aromatic carbocycles. The minimum absolute atomic E-state index is 0.791. The van der Waals surface area contributed by atoms with E-state index in [1.54, 1.807) is 41.9 Å². The Morgan fingerprint density at radius 2 is 1.10 bits per heavy atom. The SMILES string of the molecule is Cc1ccc(C#Cc2ccc(C3CCC(C4CCC(C5CCCCC5)CC4)CC3)s2)s1. The monoisotopic (exact) mass is 450 g/mol. The van der Waals surface area contributed by atoms with Gasteiger partial charge in [0.2, 0.25) is 0 Å². The number of aryl methyl sites for hydroxylation is 1. The summed E-state index contributed by atoms with van der Waals surface area (Å²) < 4.78 is 0. The normalized spacial score (nSPS) is 30.0. The molecular weight excluding hydrogens is 412 g/mol. The van der Waals surface area contributed by atoms with Crippen LogP contribution in [-0.4, -0.2) is 0 Å². The molecule has 0 bridgehead atoms. The molecule has 3 fully saturated rings. The first-order chi connectivity index (χ1) is 15.2. The van der Waals surface area contributed by atoms with Crippen LogP contribution in [0.3, 0.4) is 0 Å². The van der Waals surface area contributed by atoms with Crippen molar-refractivity contribution in [3.63, 3.8) is 0 Å². The maximum atomic E-state index is 3.40. The summed E-state index contributed by atoms with van der Waals surface area (Å²) in [6.07, 6.45) is 19.5. The van der Waals surface area contributed by atoms with E-state index in [9.17, 15) is 0 Å². The molecule has 0 amide bonds. The van der Waals surface area contributed by atoms with Crippen molar-refractivity contribution in [1.82, 2.24) is 0 Å². The van der Waals surface area contributed by atoms with Crippen LogP contribution in [-0.2, 0) is 0 Å². The zero-order chi connectivity index (χ0) is 21.0. The van der Waals surface area contributed by atoms with Gasteiger partial charge in [-0.05, 0) is 124 Å². The Kier molecular flexibility index (Phi) is 7.22. The highest BCUT2D eigenvalue weighted by Gasteiger charge is 2.34. The van der Waals surface area contributed by atoms with E-state index in [0.29, 0.717) is 0 Å². The molecule has 31 heavy (non-hydrogen) atoms. The third-order valence-corrected chi connectivity index (χ3v) is 10.7. The van der Waals surface area contributed by atoms with Crippen LogP contribution in [0, 0.1) is 42.4 Å². The zero-order valence-electron chi connectivity index (χ0n) is 19.2. The van der Waals surface area contributed by atoms with E-state index < -0.39 is 0 Å². The van der Waals surface area contributed by atoms with Gasteiger partial charge in [-0.1, -0.05) is 32.1 Å². The van der Waals surface area contributed by atoms with Crippen molar-refractivity contribution in [3.8, 4) is 11.8 Å². The van der Waals surface area contributed by atoms with Gasteiger partial charge in [0.25, 0.3) is 0 Å². The van der Waals surface area contributed by atoms with Gasteiger partial charge in [-0.2, -0.15) is 0 Å². The van der Waals surface area contributed by atoms with E-state index in [1.807, 2.05) is 11.3 Å². The molecule has 0 N–H and O–H groups in total. The predicted octanol–water partition coefficient (Wildman–Crippen LogP) is 9.18. The molecular formula is C29H38S2. The van der Waals surface area contributed by atoms with Gasteiger partial charge in [-0.15, -0.1) is 22.7 Å². The smallest absolute Gasteiger partial charge is 0.0775 e. The second kappa shape index (κ2) is 10.3. The molecule has 2 heterocycles. The van der Waals surface area contributed by atoms with E-state index in [1.165, 1.54) is 72.4 Å². The third-order valence-electron chi connectivity index (χ3n) is 8.65. The highest BCUT2D eigenvalue weighted by atomic mass is 32.1. The van der Waals surface area contributed by atoms with Crippen LogP contribution in [0.1, 0.15) is 109 Å². The minimum Gasteiger partial charge on any atom is -0.132 e. The first-order valence-electron chi connectivity index (χ1n) is 12.9. The lowest BCUT2D eigenvalue weighted by Gasteiger charge is -2.40. The molecule has 0 spiro atoms. The number of rotatable bonds is 3. The van der Waals surface area contributed by atoms with Gasteiger partial charge in [0.15, 0.2) is 0 Å². The third kappa shape index (κ3) is 5.48. The van der Waals surface area contributed by atoms with E-state index in [4.69, 9.17) is 0 Å². The molecule has 3 aliphatic carbocycles. The lowest BCUT2D eigenvalue weighted by Crippen LogP contribution is -2.28. The van der Waals surface area contributed by atoms with Gasteiger partial charge in [-0.25, -0.2) is 0 Å². The molecule has 0 nitrogen and oxygen atoms in total. The van der Waals surface area contributed by atoms with Crippen LogP contribution in [0.5, 0.6) is 0 Å². The highest BCUT2D eigenvalue weighted by Crippen LogP contribution is 2.47. The molecule has 3 saturated carbocycles. The topological polar surface area (TPSA) is 0 Å². The molecule has 2 aromatic rings. The largest absolute Gasteiger partial charge is 0.132 e. The Balaban J connectivity index is 1.09. The minimum atomic E-state index is 0.791. The van der Waals surface area contributed by atoms with E-state index >= 15 is 0 Å².